The molecule has 0 saturated carbocycles. The third-order valence-electron chi connectivity index (χ3n) is 4.70. The van der Waals surface area contributed by atoms with Gasteiger partial charge in [-0.3, -0.25) is 0 Å². The molecule has 0 bridgehead atoms. The van der Waals surface area contributed by atoms with E-state index in [1.165, 1.54) is 4.31 Å². The summed E-state index contributed by atoms with van der Waals surface area (Å²) in [7, 11) is -3.73. The zero-order valence-electron chi connectivity index (χ0n) is 15.3. The van der Waals surface area contributed by atoms with Gasteiger partial charge >= 0.3 is 0 Å². The zero-order chi connectivity index (χ0) is 19.4. The summed E-state index contributed by atoms with van der Waals surface area (Å²) < 4.78 is 34.3. The van der Waals surface area contributed by atoms with Crippen molar-refractivity contribution < 1.29 is 13.2 Å². The van der Waals surface area contributed by atoms with Gasteiger partial charge in [-0.25, -0.2) is 8.42 Å². The summed E-state index contributed by atoms with van der Waals surface area (Å²) in [6.45, 7) is 0.301. The third-order valence-corrected chi connectivity index (χ3v) is 6.58. The summed E-state index contributed by atoms with van der Waals surface area (Å²) in [5.41, 5.74) is 1.83. The Morgan fingerprint density at radius 1 is 0.821 bits per heavy atom. The van der Waals surface area contributed by atoms with Crippen LogP contribution in [0, 0.1) is 0 Å². The van der Waals surface area contributed by atoms with Crippen LogP contribution in [0.25, 0.3) is 6.08 Å². The number of rotatable bonds is 5. The molecule has 28 heavy (non-hydrogen) atoms. The third kappa shape index (κ3) is 3.78. The fourth-order valence-corrected chi connectivity index (χ4v) is 4.98. The Balaban J connectivity index is 1.73. The minimum absolute atomic E-state index is 0.263. The Bertz CT molecular complexity index is 1030. The summed E-state index contributed by atoms with van der Waals surface area (Å²) in [4.78, 5) is 0.263. The van der Waals surface area contributed by atoms with Gasteiger partial charge in [0, 0.05) is 0 Å². The molecule has 0 spiro atoms. The highest BCUT2D eigenvalue weighted by Crippen LogP contribution is 2.36. The van der Waals surface area contributed by atoms with E-state index in [0.29, 0.717) is 6.61 Å². The van der Waals surface area contributed by atoms with Crippen LogP contribution in [0.4, 0.5) is 0 Å². The summed E-state index contributed by atoms with van der Waals surface area (Å²) in [5, 5.41) is 0. The van der Waals surface area contributed by atoms with Gasteiger partial charge in [0.1, 0.15) is 0 Å². The summed E-state index contributed by atoms with van der Waals surface area (Å²) in [6, 6.07) is 27.4. The van der Waals surface area contributed by atoms with Gasteiger partial charge in [-0.1, -0.05) is 91.0 Å². The van der Waals surface area contributed by atoms with Gasteiger partial charge in [0.2, 0.25) is 10.0 Å². The Morgan fingerprint density at radius 2 is 1.39 bits per heavy atom. The van der Waals surface area contributed by atoms with Gasteiger partial charge in [-0.15, -0.1) is 0 Å². The molecule has 2 unspecified atom stereocenters. The molecule has 0 amide bonds. The number of ether oxygens (including phenoxy) is 1. The first-order valence-electron chi connectivity index (χ1n) is 9.15. The second-order valence-corrected chi connectivity index (χ2v) is 8.42. The molecule has 4 nitrogen and oxygen atoms in total. The maximum atomic E-state index is 13.5. The first-order valence-corrected chi connectivity index (χ1v) is 10.6. The Morgan fingerprint density at radius 3 is 2.04 bits per heavy atom. The van der Waals surface area contributed by atoms with Crippen molar-refractivity contribution in [3.8, 4) is 0 Å². The fraction of sp³-hybridized carbons (Fsp3) is 0.130. The van der Waals surface area contributed by atoms with Crippen LogP contribution < -0.4 is 0 Å². The second kappa shape index (κ2) is 8.10. The normalized spacial score (nSPS) is 20.6. The molecule has 0 aliphatic carbocycles. The van der Waals surface area contributed by atoms with Crippen molar-refractivity contribution in [1.82, 2.24) is 4.31 Å². The lowest BCUT2D eigenvalue weighted by Crippen LogP contribution is -2.37. The number of hydrogen-bond donors (Lipinski definition) is 0. The van der Waals surface area contributed by atoms with Crippen LogP contribution in [0.3, 0.4) is 0 Å². The van der Waals surface area contributed by atoms with Gasteiger partial charge < -0.3 is 4.74 Å². The van der Waals surface area contributed by atoms with E-state index < -0.39 is 22.3 Å². The monoisotopic (exact) mass is 391 g/mol. The summed E-state index contributed by atoms with van der Waals surface area (Å²) in [5.74, 6) is 0. The predicted octanol–water partition coefficient (Wildman–Crippen LogP) is 4.49. The van der Waals surface area contributed by atoms with Crippen molar-refractivity contribution in [2.24, 2.45) is 0 Å². The predicted molar refractivity (Wildman–Crippen MR) is 110 cm³/mol. The largest absolute Gasteiger partial charge is 0.356 e. The molecule has 1 aliphatic heterocycles. The average Bonchev–Trinajstić information content (AvgIpc) is 3.19. The minimum atomic E-state index is -3.73. The van der Waals surface area contributed by atoms with E-state index in [2.05, 4.69) is 0 Å². The molecule has 142 valence electrons. The van der Waals surface area contributed by atoms with Gasteiger partial charge in [-0.05, 0) is 23.3 Å². The van der Waals surface area contributed by atoms with Crippen LogP contribution in [-0.2, 0) is 14.8 Å². The highest BCUT2D eigenvalue weighted by molar-refractivity contribution is 7.89. The lowest BCUT2D eigenvalue weighted by Gasteiger charge is -2.26. The molecule has 0 aromatic heterocycles. The maximum Gasteiger partial charge on any atom is 0.246 e. The molecule has 1 aliphatic rings. The van der Waals surface area contributed by atoms with E-state index >= 15 is 0 Å². The molecule has 2 atom stereocenters. The van der Waals surface area contributed by atoms with Crippen LogP contribution in [0.5, 0.6) is 0 Å². The van der Waals surface area contributed by atoms with E-state index in [9.17, 15) is 8.42 Å². The second-order valence-electron chi connectivity index (χ2n) is 6.58. The van der Waals surface area contributed by atoms with Crippen LogP contribution in [0.15, 0.2) is 102 Å². The number of nitrogens with zero attached hydrogens (tertiary/aromatic N) is 1. The zero-order valence-corrected chi connectivity index (χ0v) is 16.1. The van der Waals surface area contributed by atoms with E-state index in [0.717, 1.165) is 11.1 Å². The molecule has 3 aromatic carbocycles. The smallest absolute Gasteiger partial charge is 0.246 e. The van der Waals surface area contributed by atoms with Crippen molar-refractivity contribution in [3.63, 3.8) is 0 Å². The standard InChI is InChI=1S/C23H21NO3S/c25-28(26,22-14-8-3-9-15-22)24-21(17-16-19-10-4-1-5-11-19)18-27-23(24)20-12-6-2-7-13-20/h1-17,21,23H,18H2/b17-16+. The molecule has 0 N–H and O–H groups in total. The number of sulfonamides is 1. The maximum absolute atomic E-state index is 13.5. The molecule has 3 aromatic rings. The molecular formula is C23H21NO3S. The Labute approximate surface area is 165 Å². The molecular weight excluding hydrogens is 370 g/mol. The van der Waals surface area contributed by atoms with Crippen molar-refractivity contribution in [3.05, 3.63) is 108 Å². The lowest BCUT2D eigenvalue weighted by molar-refractivity contribution is 0.0682. The molecule has 1 saturated heterocycles. The topological polar surface area (TPSA) is 46.6 Å². The molecule has 4 rings (SSSR count). The van der Waals surface area contributed by atoms with Gasteiger partial charge in [-0.2, -0.15) is 4.31 Å². The first-order chi connectivity index (χ1) is 13.7. The summed E-state index contributed by atoms with van der Waals surface area (Å²) >= 11 is 0. The van der Waals surface area contributed by atoms with Crippen molar-refractivity contribution in [2.75, 3.05) is 6.61 Å². The average molecular weight is 391 g/mol. The van der Waals surface area contributed by atoms with Gasteiger partial charge in [0.15, 0.2) is 6.23 Å². The molecule has 1 fully saturated rings. The van der Waals surface area contributed by atoms with Crippen LogP contribution >= 0.6 is 0 Å². The molecule has 1 heterocycles. The molecule has 5 heteroatoms. The first kappa shape index (κ1) is 18.6. The summed E-state index contributed by atoms with van der Waals surface area (Å²) in [6.07, 6.45) is 3.19. The van der Waals surface area contributed by atoms with E-state index in [-0.39, 0.29) is 4.90 Å². The van der Waals surface area contributed by atoms with Crippen LogP contribution in [-0.4, -0.2) is 25.4 Å². The Hall–Kier alpha value is -2.73. The number of hydrogen-bond acceptors (Lipinski definition) is 3. The minimum Gasteiger partial charge on any atom is -0.356 e. The Kier molecular flexibility index (Phi) is 5.39. The molecule has 0 radical (unpaired) electrons. The van der Waals surface area contributed by atoms with E-state index in [1.807, 2.05) is 72.8 Å². The quantitative estimate of drug-likeness (QED) is 0.644. The van der Waals surface area contributed by atoms with E-state index in [1.54, 1.807) is 30.3 Å². The van der Waals surface area contributed by atoms with Gasteiger partial charge in [0.05, 0.1) is 17.5 Å². The fourth-order valence-electron chi connectivity index (χ4n) is 3.32. The highest BCUT2D eigenvalue weighted by atomic mass is 32.2. The van der Waals surface area contributed by atoms with Gasteiger partial charge in [0.25, 0.3) is 0 Å². The highest BCUT2D eigenvalue weighted by Gasteiger charge is 2.42. The van der Waals surface area contributed by atoms with Crippen molar-refractivity contribution >= 4 is 16.1 Å². The van der Waals surface area contributed by atoms with Crippen LogP contribution in [0.1, 0.15) is 17.4 Å². The number of benzene rings is 3. The van der Waals surface area contributed by atoms with Crippen molar-refractivity contribution in [1.29, 1.82) is 0 Å². The lowest BCUT2D eigenvalue weighted by atomic mass is 10.1. The van der Waals surface area contributed by atoms with E-state index in [4.69, 9.17) is 4.74 Å². The SMILES string of the molecule is O=S(=O)(c1ccccc1)N1C(/C=C/c2ccccc2)COC1c1ccccc1. The van der Waals surface area contributed by atoms with Crippen molar-refractivity contribution in [2.45, 2.75) is 17.2 Å². The van der Waals surface area contributed by atoms with Crippen LogP contribution in [0.2, 0.25) is 0 Å².